The summed E-state index contributed by atoms with van der Waals surface area (Å²) in [6, 6.07) is 18.0. The number of ether oxygens (including phenoxy) is 1. The standard InChI is InChI=1S/C28H37N3O4/c1-35-26-10-6-5-9-25(26)30-17-15-29(16-18-30)13-11-24-21-31(14-12-23(24)20-28(33)34)27(32)19-22-7-3-2-4-8-22/h2-10,23-24H,11-21H2,1H3,(H,33,34)/t23-,24+/m0/s1. The zero-order valence-corrected chi connectivity index (χ0v) is 20.6. The number of piperidine rings is 1. The Hall–Kier alpha value is -3.06. The Morgan fingerprint density at radius 3 is 2.37 bits per heavy atom. The fourth-order valence-corrected chi connectivity index (χ4v) is 5.46. The van der Waals surface area contributed by atoms with Crippen LogP contribution < -0.4 is 9.64 Å². The van der Waals surface area contributed by atoms with Crippen LogP contribution in [0.4, 0.5) is 5.69 Å². The molecule has 7 nitrogen and oxygen atoms in total. The van der Waals surface area contributed by atoms with Gasteiger partial charge in [0.25, 0.3) is 0 Å². The van der Waals surface area contributed by atoms with E-state index in [4.69, 9.17) is 4.74 Å². The summed E-state index contributed by atoms with van der Waals surface area (Å²) < 4.78 is 5.53. The smallest absolute Gasteiger partial charge is 0.303 e. The van der Waals surface area contributed by atoms with Gasteiger partial charge in [-0.15, -0.1) is 0 Å². The summed E-state index contributed by atoms with van der Waals surface area (Å²) in [6.07, 6.45) is 2.27. The fourth-order valence-electron chi connectivity index (χ4n) is 5.46. The number of carbonyl (C=O) groups excluding carboxylic acids is 1. The monoisotopic (exact) mass is 479 g/mol. The molecule has 2 fully saturated rings. The molecule has 0 saturated carbocycles. The second-order valence-electron chi connectivity index (χ2n) is 9.70. The van der Waals surface area contributed by atoms with E-state index >= 15 is 0 Å². The molecule has 2 heterocycles. The molecule has 2 aliphatic heterocycles. The van der Waals surface area contributed by atoms with Crippen molar-refractivity contribution in [2.75, 3.05) is 57.8 Å². The first kappa shape index (κ1) is 25.0. The zero-order valence-electron chi connectivity index (χ0n) is 20.6. The number of anilines is 1. The van der Waals surface area contributed by atoms with Gasteiger partial charge in [0, 0.05) is 45.7 Å². The fraction of sp³-hybridized carbons (Fsp3) is 0.500. The Bertz CT molecular complexity index is 975. The lowest BCUT2D eigenvalue weighted by atomic mass is 9.81. The highest BCUT2D eigenvalue weighted by molar-refractivity contribution is 5.79. The van der Waals surface area contributed by atoms with Crippen LogP contribution in [0, 0.1) is 11.8 Å². The topological polar surface area (TPSA) is 73.3 Å². The summed E-state index contributed by atoms with van der Waals surface area (Å²) in [5, 5.41) is 9.44. The van der Waals surface area contributed by atoms with E-state index in [1.54, 1.807) is 7.11 Å². The largest absolute Gasteiger partial charge is 0.495 e. The van der Waals surface area contributed by atoms with Gasteiger partial charge < -0.3 is 19.6 Å². The highest BCUT2D eigenvalue weighted by Gasteiger charge is 2.33. The second-order valence-corrected chi connectivity index (χ2v) is 9.70. The van der Waals surface area contributed by atoms with E-state index < -0.39 is 5.97 Å². The number of piperazine rings is 1. The van der Waals surface area contributed by atoms with Gasteiger partial charge in [0.2, 0.25) is 5.91 Å². The predicted molar refractivity (Wildman–Crippen MR) is 137 cm³/mol. The minimum absolute atomic E-state index is 0.128. The zero-order chi connectivity index (χ0) is 24.6. The number of methoxy groups -OCH3 is 1. The maximum atomic E-state index is 13.0. The summed E-state index contributed by atoms with van der Waals surface area (Å²) in [6.45, 7) is 6.04. The van der Waals surface area contributed by atoms with Crippen molar-refractivity contribution in [2.45, 2.75) is 25.7 Å². The highest BCUT2D eigenvalue weighted by atomic mass is 16.5. The molecule has 0 radical (unpaired) electrons. The Kier molecular flexibility index (Phi) is 8.64. The van der Waals surface area contributed by atoms with Gasteiger partial charge in [-0.25, -0.2) is 0 Å². The number of carboxylic acid groups (broad SMARTS) is 1. The lowest BCUT2D eigenvalue weighted by molar-refractivity contribution is -0.139. The van der Waals surface area contributed by atoms with Crippen LogP contribution in [-0.4, -0.2) is 79.7 Å². The Balaban J connectivity index is 1.31. The van der Waals surface area contributed by atoms with Gasteiger partial charge in [-0.3, -0.25) is 14.5 Å². The van der Waals surface area contributed by atoms with E-state index in [-0.39, 0.29) is 24.2 Å². The third kappa shape index (κ3) is 6.75. The number of para-hydroxylation sites is 2. The van der Waals surface area contributed by atoms with E-state index in [2.05, 4.69) is 15.9 Å². The molecule has 2 aliphatic rings. The summed E-state index contributed by atoms with van der Waals surface area (Å²) in [4.78, 5) is 31.2. The SMILES string of the molecule is COc1ccccc1N1CCN(CC[C@@H]2CN(C(=O)Cc3ccccc3)CC[C@H]2CC(=O)O)CC1. The summed E-state index contributed by atoms with van der Waals surface area (Å²) in [7, 11) is 1.71. The average molecular weight is 480 g/mol. The van der Waals surface area contributed by atoms with Gasteiger partial charge >= 0.3 is 5.97 Å². The third-order valence-electron chi connectivity index (χ3n) is 7.49. The number of rotatable bonds is 9. The van der Waals surface area contributed by atoms with Gasteiger partial charge in [0.1, 0.15) is 5.75 Å². The lowest BCUT2D eigenvalue weighted by Gasteiger charge is -2.40. The second kappa shape index (κ2) is 12.1. The minimum Gasteiger partial charge on any atom is -0.495 e. The Morgan fingerprint density at radius 1 is 0.943 bits per heavy atom. The molecule has 1 amide bonds. The molecule has 7 heteroatoms. The number of carboxylic acids is 1. The average Bonchev–Trinajstić information content (AvgIpc) is 2.88. The first-order valence-corrected chi connectivity index (χ1v) is 12.7. The predicted octanol–water partition coefficient (Wildman–Crippen LogP) is 3.39. The molecule has 2 saturated heterocycles. The number of nitrogens with zero attached hydrogens (tertiary/aromatic N) is 3. The molecular formula is C28H37N3O4. The van der Waals surface area contributed by atoms with Crippen LogP contribution >= 0.6 is 0 Å². The first-order chi connectivity index (χ1) is 17.0. The summed E-state index contributed by atoms with van der Waals surface area (Å²) in [5.41, 5.74) is 2.16. The molecule has 2 aromatic carbocycles. The molecule has 2 atom stereocenters. The molecule has 0 unspecified atom stereocenters. The molecular weight excluding hydrogens is 442 g/mol. The maximum absolute atomic E-state index is 13.0. The molecule has 0 aliphatic carbocycles. The molecule has 4 rings (SSSR count). The number of likely N-dealkylation sites (tertiary alicyclic amines) is 1. The molecule has 0 spiro atoms. The van der Waals surface area contributed by atoms with Crippen molar-refractivity contribution in [2.24, 2.45) is 11.8 Å². The quantitative estimate of drug-likeness (QED) is 0.594. The molecule has 188 valence electrons. The number of aliphatic carboxylic acids is 1. The van der Waals surface area contributed by atoms with E-state index in [0.717, 1.165) is 62.6 Å². The van der Waals surface area contributed by atoms with Crippen molar-refractivity contribution in [1.29, 1.82) is 0 Å². The van der Waals surface area contributed by atoms with E-state index in [9.17, 15) is 14.7 Å². The Labute approximate surface area is 208 Å². The van der Waals surface area contributed by atoms with Crippen molar-refractivity contribution >= 4 is 17.6 Å². The van der Waals surface area contributed by atoms with Crippen molar-refractivity contribution < 1.29 is 19.4 Å². The molecule has 0 bridgehead atoms. The Morgan fingerprint density at radius 2 is 1.66 bits per heavy atom. The molecule has 2 aromatic rings. The van der Waals surface area contributed by atoms with Crippen LogP contribution in [0.25, 0.3) is 0 Å². The number of benzene rings is 2. The molecule has 1 N–H and O–H groups in total. The number of amides is 1. The number of carbonyl (C=O) groups is 2. The summed E-state index contributed by atoms with van der Waals surface area (Å²) >= 11 is 0. The lowest BCUT2D eigenvalue weighted by Crippen LogP contribution is -2.49. The summed E-state index contributed by atoms with van der Waals surface area (Å²) in [5.74, 6) is 0.643. The molecule has 0 aromatic heterocycles. The van der Waals surface area contributed by atoms with Crippen molar-refractivity contribution in [3.63, 3.8) is 0 Å². The van der Waals surface area contributed by atoms with Gasteiger partial charge in [0.05, 0.1) is 19.2 Å². The van der Waals surface area contributed by atoms with Gasteiger partial charge in [-0.2, -0.15) is 0 Å². The highest BCUT2D eigenvalue weighted by Crippen LogP contribution is 2.31. The van der Waals surface area contributed by atoms with Crippen LogP contribution in [0.2, 0.25) is 0 Å². The van der Waals surface area contributed by atoms with E-state index in [0.29, 0.717) is 19.5 Å². The maximum Gasteiger partial charge on any atom is 0.303 e. The van der Waals surface area contributed by atoms with Crippen molar-refractivity contribution in [1.82, 2.24) is 9.80 Å². The minimum atomic E-state index is -0.741. The van der Waals surface area contributed by atoms with Crippen molar-refractivity contribution in [3.05, 3.63) is 60.2 Å². The van der Waals surface area contributed by atoms with Crippen LogP contribution in [-0.2, 0) is 16.0 Å². The van der Waals surface area contributed by atoms with Crippen molar-refractivity contribution in [3.8, 4) is 5.75 Å². The third-order valence-corrected chi connectivity index (χ3v) is 7.49. The number of hydrogen-bond donors (Lipinski definition) is 1. The molecule has 35 heavy (non-hydrogen) atoms. The van der Waals surface area contributed by atoms with Gasteiger partial charge in [-0.05, 0) is 48.9 Å². The van der Waals surface area contributed by atoms with Crippen LogP contribution in [0.15, 0.2) is 54.6 Å². The van der Waals surface area contributed by atoms with E-state index in [1.165, 1.54) is 0 Å². The van der Waals surface area contributed by atoms with E-state index in [1.807, 2.05) is 53.4 Å². The number of hydrogen-bond acceptors (Lipinski definition) is 5. The normalized spacial score (nSPS) is 21.1. The van der Waals surface area contributed by atoms with Crippen LogP contribution in [0.3, 0.4) is 0 Å². The first-order valence-electron chi connectivity index (χ1n) is 12.7. The van der Waals surface area contributed by atoms with Crippen LogP contribution in [0.5, 0.6) is 5.75 Å². The van der Waals surface area contributed by atoms with Gasteiger partial charge in [0.15, 0.2) is 0 Å². The van der Waals surface area contributed by atoms with Gasteiger partial charge in [-0.1, -0.05) is 42.5 Å². The van der Waals surface area contributed by atoms with Crippen LogP contribution in [0.1, 0.15) is 24.8 Å².